The number of Topliss-reactive ketones (excluding diaryl/α,β-unsaturated/α-hetero) is 1. The van der Waals surface area contributed by atoms with E-state index in [2.05, 4.69) is 10.6 Å². The lowest BCUT2D eigenvalue weighted by Crippen LogP contribution is -2.19. The van der Waals surface area contributed by atoms with Crippen molar-refractivity contribution in [2.75, 3.05) is 10.6 Å². The Balaban J connectivity index is 2.35. The third-order valence-electron chi connectivity index (χ3n) is 3.35. The van der Waals surface area contributed by atoms with Crippen molar-refractivity contribution in [1.29, 1.82) is 0 Å². The highest BCUT2D eigenvalue weighted by molar-refractivity contribution is 6.13. The molecule has 130 valence electrons. The Kier molecular flexibility index (Phi) is 5.02. The minimum Gasteiger partial charge on any atom is -0.444 e. The van der Waals surface area contributed by atoms with E-state index in [1.165, 1.54) is 32.9 Å². The summed E-state index contributed by atoms with van der Waals surface area (Å²) >= 11 is 0. The smallest absolute Gasteiger partial charge is 0.258 e. The second-order valence-corrected chi connectivity index (χ2v) is 5.37. The number of nitrogens with two attached hydrogens (primary N) is 1. The van der Waals surface area contributed by atoms with Crippen molar-refractivity contribution in [3.05, 3.63) is 46.7 Å². The highest BCUT2D eigenvalue weighted by Crippen LogP contribution is 2.27. The van der Waals surface area contributed by atoms with Gasteiger partial charge in [0.2, 0.25) is 11.8 Å². The second kappa shape index (κ2) is 7.00. The van der Waals surface area contributed by atoms with Crippen molar-refractivity contribution in [2.45, 2.75) is 20.8 Å². The fraction of sp³-hybridized carbons (Fsp3) is 0.176. The van der Waals surface area contributed by atoms with Crippen LogP contribution >= 0.6 is 0 Å². The highest BCUT2D eigenvalue weighted by atomic mass is 16.4. The first-order valence-electron chi connectivity index (χ1n) is 7.33. The zero-order chi connectivity index (χ0) is 18.7. The number of nitrogens with one attached hydrogen (secondary N) is 2. The van der Waals surface area contributed by atoms with E-state index >= 15 is 0 Å². The van der Waals surface area contributed by atoms with Crippen molar-refractivity contribution < 1.29 is 23.6 Å². The van der Waals surface area contributed by atoms with Crippen LogP contribution in [0.1, 0.15) is 50.7 Å². The minimum atomic E-state index is -0.885. The molecule has 0 unspecified atom stereocenters. The summed E-state index contributed by atoms with van der Waals surface area (Å²) in [5, 5.41) is 4.99. The first kappa shape index (κ1) is 17.9. The molecule has 0 saturated heterocycles. The Morgan fingerprint density at radius 1 is 1.04 bits per heavy atom. The monoisotopic (exact) mass is 343 g/mol. The molecule has 2 aromatic rings. The van der Waals surface area contributed by atoms with Gasteiger partial charge in [-0.3, -0.25) is 24.5 Å². The van der Waals surface area contributed by atoms with Crippen LogP contribution in [-0.4, -0.2) is 23.5 Å². The maximum atomic E-state index is 12.4. The standard InChI is InChI=1S/C17H17N3O5/c1-8(21)13-9(2)25-17(14(13)15(18)23)20-16(24)11-5-4-6-12(7-11)19-10(3)22/h4-7H,1-3H3,(H2,18,23)(H,19,22)(H,20,24). The zero-order valence-electron chi connectivity index (χ0n) is 13.9. The number of primary amides is 1. The molecule has 8 heteroatoms. The summed E-state index contributed by atoms with van der Waals surface area (Å²) < 4.78 is 5.33. The van der Waals surface area contributed by atoms with Crippen molar-refractivity contribution in [2.24, 2.45) is 5.73 Å². The Hall–Kier alpha value is -3.42. The van der Waals surface area contributed by atoms with Gasteiger partial charge in [-0.2, -0.15) is 0 Å². The van der Waals surface area contributed by atoms with Gasteiger partial charge in [-0.05, 0) is 32.0 Å². The molecule has 8 nitrogen and oxygen atoms in total. The third kappa shape index (κ3) is 3.92. The summed E-state index contributed by atoms with van der Waals surface area (Å²) in [5.41, 5.74) is 5.84. The Labute approximate surface area is 143 Å². The number of carbonyl (C=O) groups is 4. The van der Waals surface area contributed by atoms with Crippen LogP contribution in [-0.2, 0) is 4.79 Å². The summed E-state index contributed by atoms with van der Waals surface area (Å²) in [7, 11) is 0. The van der Waals surface area contributed by atoms with Gasteiger partial charge in [0.25, 0.3) is 11.8 Å². The number of furan rings is 1. The first-order valence-corrected chi connectivity index (χ1v) is 7.33. The molecule has 0 aliphatic rings. The summed E-state index contributed by atoms with van der Waals surface area (Å²) in [6, 6.07) is 6.19. The molecule has 1 aromatic heterocycles. The third-order valence-corrected chi connectivity index (χ3v) is 3.35. The van der Waals surface area contributed by atoms with Crippen LogP contribution < -0.4 is 16.4 Å². The molecule has 0 saturated carbocycles. The molecular weight excluding hydrogens is 326 g/mol. The van der Waals surface area contributed by atoms with E-state index in [-0.39, 0.29) is 34.2 Å². The molecule has 2 rings (SSSR count). The summed E-state index contributed by atoms with van der Waals surface area (Å²) in [6.45, 7) is 4.11. The van der Waals surface area contributed by atoms with E-state index in [4.69, 9.17) is 10.2 Å². The number of benzene rings is 1. The second-order valence-electron chi connectivity index (χ2n) is 5.37. The number of amides is 3. The summed E-state index contributed by atoms with van der Waals surface area (Å²) in [4.78, 5) is 46.8. The van der Waals surface area contributed by atoms with Crippen molar-refractivity contribution in [3.63, 3.8) is 0 Å². The van der Waals surface area contributed by atoms with Gasteiger partial charge in [-0.25, -0.2) is 0 Å². The van der Waals surface area contributed by atoms with Gasteiger partial charge in [0.05, 0.1) is 5.56 Å². The predicted molar refractivity (Wildman–Crippen MR) is 90.7 cm³/mol. The van der Waals surface area contributed by atoms with E-state index in [1.54, 1.807) is 12.1 Å². The minimum absolute atomic E-state index is 0.0368. The van der Waals surface area contributed by atoms with Gasteiger partial charge in [-0.1, -0.05) is 6.07 Å². The van der Waals surface area contributed by atoms with E-state index in [0.29, 0.717) is 5.69 Å². The fourth-order valence-corrected chi connectivity index (χ4v) is 2.41. The lowest BCUT2D eigenvalue weighted by atomic mass is 10.1. The molecule has 3 amide bonds. The predicted octanol–water partition coefficient (Wildman–Crippen LogP) is 2.10. The number of hydrogen-bond acceptors (Lipinski definition) is 5. The first-order chi connectivity index (χ1) is 11.7. The Morgan fingerprint density at radius 3 is 2.28 bits per heavy atom. The zero-order valence-corrected chi connectivity index (χ0v) is 13.9. The molecule has 0 radical (unpaired) electrons. The van der Waals surface area contributed by atoms with Crippen LogP contribution in [0, 0.1) is 6.92 Å². The van der Waals surface area contributed by atoms with Crippen LogP contribution in [0.15, 0.2) is 28.7 Å². The average Bonchev–Trinajstić information content (AvgIpc) is 2.83. The summed E-state index contributed by atoms with van der Waals surface area (Å²) in [6.07, 6.45) is 0. The Bertz CT molecular complexity index is 882. The van der Waals surface area contributed by atoms with Crippen molar-refractivity contribution >= 4 is 35.1 Å². The molecule has 0 fully saturated rings. The van der Waals surface area contributed by atoms with Gasteiger partial charge >= 0.3 is 0 Å². The van der Waals surface area contributed by atoms with Crippen LogP contribution in [0.25, 0.3) is 0 Å². The SMILES string of the molecule is CC(=O)Nc1cccc(C(=O)Nc2oc(C)c(C(C)=O)c2C(N)=O)c1. The number of anilines is 2. The number of hydrogen-bond donors (Lipinski definition) is 3. The largest absolute Gasteiger partial charge is 0.444 e. The van der Waals surface area contributed by atoms with Gasteiger partial charge in [0.1, 0.15) is 11.3 Å². The van der Waals surface area contributed by atoms with Gasteiger partial charge in [0.15, 0.2) is 5.78 Å². The normalized spacial score (nSPS) is 10.2. The molecule has 0 atom stereocenters. The topological polar surface area (TPSA) is 132 Å². The van der Waals surface area contributed by atoms with E-state index in [0.717, 1.165) is 0 Å². The van der Waals surface area contributed by atoms with Crippen molar-refractivity contribution in [3.8, 4) is 0 Å². The van der Waals surface area contributed by atoms with E-state index < -0.39 is 17.6 Å². The van der Waals surface area contributed by atoms with E-state index in [1.807, 2.05) is 0 Å². The molecule has 0 aliphatic carbocycles. The summed E-state index contributed by atoms with van der Waals surface area (Å²) in [5.74, 6) is -2.15. The van der Waals surface area contributed by atoms with Crippen LogP contribution in [0.2, 0.25) is 0 Å². The molecule has 0 spiro atoms. The van der Waals surface area contributed by atoms with Crippen LogP contribution in [0.4, 0.5) is 11.6 Å². The maximum absolute atomic E-state index is 12.4. The highest BCUT2D eigenvalue weighted by Gasteiger charge is 2.26. The molecule has 1 heterocycles. The molecule has 25 heavy (non-hydrogen) atoms. The fourth-order valence-electron chi connectivity index (χ4n) is 2.41. The molecular formula is C17H17N3O5. The van der Waals surface area contributed by atoms with E-state index in [9.17, 15) is 19.2 Å². The van der Waals surface area contributed by atoms with Gasteiger partial charge in [-0.15, -0.1) is 0 Å². The molecule has 1 aromatic carbocycles. The van der Waals surface area contributed by atoms with Crippen LogP contribution in [0.3, 0.4) is 0 Å². The lowest BCUT2D eigenvalue weighted by molar-refractivity contribution is -0.114. The number of ketones is 1. The number of rotatable bonds is 5. The van der Waals surface area contributed by atoms with Gasteiger partial charge < -0.3 is 15.5 Å². The quantitative estimate of drug-likeness (QED) is 0.715. The molecule has 0 aliphatic heterocycles. The van der Waals surface area contributed by atoms with Crippen LogP contribution in [0.5, 0.6) is 0 Å². The Morgan fingerprint density at radius 2 is 1.72 bits per heavy atom. The number of carbonyl (C=O) groups excluding carboxylic acids is 4. The average molecular weight is 343 g/mol. The number of aryl methyl sites for hydroxylation is 1. The van der Waals surface area contributed by atoms with Gasteiger partial charge in [0, 0.05) is 18.2 Å². The van der Waals surface area contributed by atoms with Crippen molar-refractivity contribution in [1.82, 2.24) is 0 Å². The maximum Gasteiger partial charge on any atom is 0.258 e. The lowest BCUT2D eigenvalue weighted by Gasteiger charge is -2.06. The molecule has 4 N–H and O–H groups in total. The molecule has 0 bridgehead atoms.